The van der Waals surface area contributed by atoms with E-state index in [1.54, 1.807) is 0 Å². The average molecular weight is 379 g/mol. The number of alkyl halides is 5. The summed E-state index contributed by atoms with van der Waals surface area (Å²) in [4.78, 5) is 1.85. The van der Waals surface area contributed by atoms with Gasteiger partial charge in [0.05, 0.1) is 10.6 Å². The largest absolute Gasteiger partial charge is 0.417 e. The minimum Gasteiger partial charge on any atom is -0.314 e. The molecule has 1 aliphatic heterocycles. The van der Waals surface area contributed by atoms with Crippen LogP contribution in [0.2, 0.25) is 5.02 Å². The van der Waals surface area contributed by atoms with Gasteiger partial charge in [0.2, 0.25) is 6.43 Å². The van der Waals surface area contributed by atoms with Crippen molar-refractivity contribution in [3.63, 3.8) is 0 Å². The van der Waals surface area contributed by atoms with Crippen LogP contribution >= 0.6 is 24.0 Å². The fraction of sp³-hybridized carbons (Fsp3) is 0.571. The van der Waals surface area contributed by atoms with Gasteiger partial charge in [0.15, 0.2) is 0 Å². The number of rotatable bonds is 4. The Hall–Kier alpha value is -0.630. The van der Waals surface area contributed by atoms with Crippen molar-refractivity contribution in [1.82, 2.24) is 10.2 Å². The van der Waals surface area contributed by atoms with Crippen LogP contribution in [0.15, 0.2) is 18.2 Å². The molecule has 1 heterocycles. The highest BCUT2D eigenvalue weighted by Crippen LogP contribution is 2.37. The number of nitrogens with one attached hydrogen (secondary N) is 1. The van der Waals surface area contributed by atoms with E-state index in [9.17, 15) is 22.0 Å². The lowest BCUT2D eigenvalue weighted by molar-refractivity contribution is -0.137. The molecule has 0 unspecified atom stereocenters. The highest BCUT2D eigenvalue weighted by Gasteiger charge is 2.34. The maximum absolute atomic E-state index is 12.8. The maximum Gasteiger partial charge on any atom is 0.417 e. The van der Waals surface area contributed by atoms with Crippen LogP contribution in [-0.2, 0) is 6.18 Å². The third-order valence-electron chi connectivity index (χ3n) is 3.68. The molecule has 1 aromatic rings. The third-order valence-corrected chi connectivity index (χ3v) is 3.99. The molecule has 0 saturated carbocycles. The Morgan fingerprint density at radius 1 is 1.17 bits per heavy atom. The summed E-state index contributed by atoms with van der Waals surface area (Å²) in [6.45, 7) is 2.45. The van der Waals surface area contributed by atoms with E-state index in [0.717, 1.165) is 12.1 Å². The Morgan fingerprint density at radius 2 is 1.78 bits per heavy atom. The van der Waals surface area contributed by atoms with Gasteiger partial charge >= 0.3 is 6.18 Å². The van der Waals surface area contributed by atoms with Crippen molar-refractivity contribution >= 4 is 24.0 Å². The van der Waals surface area contributed by atoms with Crippen LogP contribution in [0.4, 0.5) is 22.0 Å². The highest BCUT2D eigenvalue weighted by atomic mass is 35.5. The van der Waals surface area contributed by atoms with Gasteiger partial charge in [-0.05, 0) is 17.7 Å². The number of halogens is 7. The van der Waals surface area contributed by atoms with E-state index in [0.29, 0.717) is 31.7 Å². The van der Waals surface area contributed by atoms with Crippen LogP contribution in [0.5, 0.6) is 0 Å². The first kappa shape index (κ1) is 20.4. The van der Waals surface area contributed by atoms with Crippen LogP contribution in [0.1, 0.15) is 23.6 Å². The Morgan fingerprint density at radius 3 is 2.26 bits per heavy atom. The summed E-state index contributed by atoms with van der Waals surface area (Å²) in [7, 11) is 0. The fourth-order valence-electron chi connectivity index (χ4n) is 2.63. The standard InChI is InChI=1S/C14H16ClF5N2.ClH/c15-11-7-9(1-2-10(11)14(18,19)20)12(8-13(16)17)22-5-3-21-4-6-22;/h1-2,7,12-13,21H,3-6,8H2;1H/t12-;/m1./s1. The van der Waals surface area contributed by atoms with E-state index in [2.05, 4.69) is 5.32 Å². The van der Waals surface area contributed by atoms with Crippen LogP contribution in [-0.4, -0.2) is 37.5 Å². The summed E-state index contributed by atoms with van der Waals surface area (Å²) < 4.78 is 63.8. The zero-order chi connectivity index (χ0) is 16.3. The quantitative estimate of drug-likeness (QED) is 0.782. The molecule has 1 saturated heterocycles. The lowest BCUT2D eigenvalue weighted by Gasteiger charge is -2.35. The summed E-state index contributed by atoms with van der Waals surface area (Å²) in [6.07, 6.45) is -7.52. The van der Waals surface area contributed by atoms with Gasteiger partial charge in [0.25, 0.3) is 0 Å². The van der Waals surface area contributed by atoms with Crippen molar-refractivity contribution in [1.29, 1.82) is 0 Å². The van der Waals surface area contributed by atoms with Crippen molar-refractivity contribution in [3.05, 3.63) is 34.3 Å². The average Bonchev–Trinajstić information content (AvgIpc) is 2.44. The van der Waals surface area contributed by atoms with Gasteiger partial charge in [-0.2, -0.15) is 13.2 Å². The van der Waals surface area contributed by atoms with Crippen LogP contribution in [0.25, 0.3) is 0 Å². The molecule has 0 aromatic heterocycles. The molecular formula is C14H17Cl2F5N2. The first-order valence-corrected chi connectivity index (χ1v) is 7.26. The summed E-state index contributed by atoms with van der Waals surface area (Å²) in [5, 5.41) is 2.65. The van der Waals surface area contributed by atoms with E-state index in [1.165, 1.54) is 6.07 Å². The summed E-state index contributed by atoms with van der Waals surface area (Å²) >= 11 is 5.70. The fourth-order valence-corrected chi connectivity index (χ4v) is 2.92. The van der Waals surface area contributed by atoms with Gasteiger partial charge in [0, 0.05) is 38.6 Å². The van der Waals surface area contributed by atoms with Crippen LogP contribution < -0.4 is 5.32 Å². The minimum atomic E-state index is -4.55. The predicted molar refractivity (Wildman–Crippen MR) is 81.5 cm³/mol. The monoisotopic (exact) mass is 378 g/mol. The van der Waals surface area contributed by atoms with Crippen molar-refractivity contribution < 1.29 is 22.0 Å². The first-order valence-electron chi connectivity index (χ1n) is 6.88. The number of hydrogen-bond donors (Lipinski definition) is 1. The molecule has 0 radical (unpaired) electrons. The van der Waals surface area contributed by atoms with E-state index in [1.807, 2.05) is 4.90 Å². The second kappa shape index (κ2) is 8.46. The smallest absolute Gasteiger partial charge is 0.314 e. The Labute approximate surface area is 142 Å². The summed E-state index contributed by atoms with van der Waals surface area (Å²) in [5.74, 6) is 0. The van der Waals surface area contributed by atoms with Gasteiger partial charge in [-0.15, -0.1) is 12.4 Å². The van der Waals surface area contributed by atoms with Gasteiger partial charge < -0.3 is 5.32 Å². The molecule has 1 aliphatic rings. The number of benzene rings is 1. The number of hydrogen-bond acceptors (Lipinski definition) is 2. The van der Waals surface area contributed by atoms with Crippen molar-refractivity contribution in [2.45, 2.75) is 25.1 Å². The lowest BCUT2D eigenvalue weighted by atomic mass is 9.99. The molecule has 1 fully saturated rings. The van der Waals surface area contributed by atoms with Crippen LogP contribution in [0, 0.1) is 0 Å². The molecule has 9 heteroatoms. The Balaban J connectivity index is 0.00000264. The molecule has 2 rings (SSSR count). The molecule has 23 heavy (non-hydrogen) atoms. The second-order valence-corrected chi connectivity index (χ2v) is 5.57. The van der Waals surface area contributed by atoms with Gasteiger partial charge in [-0.25, -0.2) is 8.78 Å². The van der Waals surface area contributed by atoms with Crippen molar-refractivity contribution in [3.8, 4) is 0 Å². The molecule has 132 valence electrons. The highest BCUT2D eigenvalue weighted by molar-refractivity contribution is 6.31. The first-order chi connectivity index (χ1) is 10.3. The minimum absolute atomic E-state index is 0. The maximum atomic E-state index is 12.8. The second-order valence-electron chi connectivity index (χ2n) is 5.17. The van der Waals surface area contributed by atoms with Gasteiger partial charge in [-0.3, -0.25) is 4.90 Å². The van der Waals surface area contributed by atoms with Crippen LogP contribution in [0.3, 0.4) is 0 Å². The SMILES string of the molecule is Cl.FC(F)C[C@H](c1ccc(C(F)(F)F)c(Cl)c1)N1CCNCC1. The van der Waals surface area contributed by atoms with E-state index >= 15 is 0 Å². The summed E-state index contributed by atoms with van der Waals surface area (Å²) in [5.41, 5.74) is -0.561. The summed E-state index contributed by atoms with van der Waals surface area (Å²) in [6, 6.07) is 2.61. The molecule has 0 spiro atoms. The third kappa shape index (κ3) is 5.45. The normalized spacial score (nSPS) is 17.9. The lowest BCUT2D eigenvalue weighted by Crippen LogP contribution is -2.45. The molecule has 1 N–H and O–H groups in total. The van der Waals surface area contributed by atoms with Crippen molar-refractivity contribution in [2.24, 2.45) is 0 Å². The van der Waals surface area contributed by atoms with E-state index in [4.69, 9.17) is 11.6 Å². The number of nitrogens with zero attached hydrogens (tertiary/aromatic N) is 1. The van der Waals surface area contributed by atoms with Gasteiger partial charge in [0.1, 0.15) is 0 Å². The molecule has 2 nitrogen and oxygen atoms in total. The molecule has 0 bridgehead atoms. The molecule has 0 aliphatic carbocycles. The van der Waals surface area contributed by atoms with Crippen molar-refractivity contribution in [2.75, 3.05) is 26.2 Å². The molecule has 1 aromatic carbocycles. The number of piperazine rings is 1. The Bertz CT molecular complexity index is 504. The topological polar surface area (TPSA) is 15.3 Å². The van der Waals surface area contributed by atoms with E-state index < -0.39 is 35.7 Å². The molecular weight excluding hydrogens is 362 g/mol. The molecule has 1 atom stereocenters. The predicted octanol–water partition coefficient (Wildman–Crippen LogP) is 4.38. The molecule has 0 amide bonds. The zero-order valence-corrected chi connectivity index (χ0v) is 13.6. The zero-order valence-electron chi connectivity index (χ0n) is 12.0. The van der Waals surface area contributed by atoms with Gasteiger partial charge in [-0.1, -0.05) is 17.7 Å². The Kier molecular flexibility index (Phi) is 7.51. The van der Waals surface area contributed by atoms with E-state index in [-0.39, 0.29) is 12.4 Å².